The highest BCUT2D eigenvalue weighted by Crippen LogP contribution is 2.50. The minimum Gasteiger partial charge on any atom is -0.327 e. The van der Waals surface area contributed by atoms with Crippen LogP contribution in [-0.2, 0) is 10.2 Å². The van der Waals surface area contributed by atoms with E-state index in [1.165, 1.54) is 28.9 Å². The maximum absolute atomic E-state index is 13.6. The second-order valence-electron chi connectivity index (χ2n) is 10.2. The number of benzene rings is 2. The van der Waals surface area contributed by atoms with Gasteiger partial charge in [-0.05, 0) is 68.4 Å². The Hall–Kier alpha value is -1.84. The Labute approximate surface area is 186 Å². The highest BCUT2D eigenvalue weighted by molar-refractivity contribution is 6.30. The van der Waals surface area contributed by atoms with Crippen LogP contribution in [0.25, 0.3) is 0 Å². The zero-order chi connectivity index (χ0) is 21.5. The summed E-state index contributed by atoms with van der Waals surface area (Å²) in [5.74, 6) is 1.03. The van der Waals surface area contributed by atoms with Gasteiger partial charge in [-0.15, -0.1) is 0 Å². The second kappa shape index (κ2) is 8.01. The normalized spacial score (nSPS) is 28.1. The number of rotatable bonds is 3. The Balaban J connectivity index is 1.70. The number of halogens is 1. The van der Waals surface area contributed by atoms with Crippen LogP contribution in [0.1, 0.15) is 58.1 Å². The van der Waals surface area contributed by atoms with Gasteiger partial charge in [-0.1, -0.05) is 55.8 Å². The van der Waals surface area contributed by atoms with Crippen molar-refractivity contribution in [2.45, 2.75) is 57.9 Å². The molecule has 30 heavy (non-hydrogen) atoms. The van der Waals surface area contributed by atoms with Gasteiger partial charge >= 0.3 is 0 Å². The fraction of sp³-hybridized carbons (Fsp3) is 0.500. The van der Waals surface area contributed by atoms with Crippen molar-refractivity contribution in [3.8, 4) is 0 Å². The first-order chi connectivity index (χ1) is 14.2. The molecular formula is C26H34ClN2O+. The molecule has 3 nitrogen and oxygen atoms in total. The minimum atomic E-state index is -0.275. The molecule has 1 fully saturated rings. The van der Waals surface area contributed by atoms with Crippen molar-refractivity contribution in [1.82, 2.24) is 0 Å². The molecule has 2 aromatic rings. The quantitative estimate of drug-likeness (QED) is 0.770. The monoisotopic (exact) mass is 425 g/mol. The number of carbonyl (C=O) groups is 1. The van der Waals surface area contributed by atoms with Gasteiger partial charge < -0.3 is 9.80 Å². The van der Waals surface area contributed by atoms with E-state index in [0.29, 0.717) is 6.54 Å². The number of hydrogen-bond acceptors (Lipinski definition) is 1. The number of piperidine rings is 1. The van der Waals surface area contributed by atoms with Crippen molar-refractivity contribution in [1.29, 1.82) is 0 Å². The third kappa shape index (κ3) is 3.90. The van der Waals surface area contributed by atoms with E-state index < -0.39 is 0 Å². The summed E-state index contributed by atoms with van der Waals surface area (Å²) in [5.41, 5.74) is 3.08. The average molecular weight is 426 g/mol. The van der Waals surface area contributed by atoms with Gasteiger partial charge in [0, 0.05) is 21.7 Å². The van der Waals surface area contributed by atoms with Crippen LogP contribution in [0, 0.1) is 5.92 Å². The summed E-state index contributed by atoms with van der Waals surface area (Å²) in [6.45, 7) is 11.8. The van der Waals surface area contributed by atoms with Crippen LogP contribution in [0.4, 0.5) is 5.69 Å². The number of fused-ring (bicyclic) bond motifs is 1. The van der Waals surface area contributed by atoms with Crippen LogP contribution < -0.4 is 9.80 Å². The maximum atomic E-state index is 13.6. The molecule has 1 atom stereocenters. The summed E-state index contributed by atoms with van der Waals surface area (Å²) in [7, 11) is 0. The van der Waals surface area contributed by atoms with Crippen LogP contribution in [0.5, 0.6) is 0 Å². The molecule has 0 bridgehead atoms. The first-order valence-corrected chi connectivity index (χ1v) is 11.6. The minimum absolute atomic E-state index is 0.172. The number of nitrogens with zero attached hydrogens (tertiary/aromatic N) is 1. The summed E-state index contributed by atoms with van der Waals surface area (Å²) >= 11 is 6.16. The van der Waals surface area contributed by atoms with Gasteiger partial charge in [-0.3, -0.25) is 4.79 Å². The number of para-hydroxylation sites is 1. The predicted molar refractivity (Wildman–Crippen MR) is 124 cm³/mol. The topological polar surface area (TPSA) is 24.8 Å². The van der Waals surface area contributed by atoms with E-state index in [1.54, 1.807) is 0 Å². The van der Waals surface area contributed by atoms with Gasteiger partial charge in [0.15, 0.2) is 6.54 Å². The van der Waals surface area contributed by atoms with Gasteiger partial charge in [-0.2, -0.15) is 0 Å². The third-order valence-electron chi connectivity index (χ3n) is 7.24. The van der Waals surface area contributed by atoms with E-state index in [4.69, 9.17) is 11.6 Å². The number of hydrogen-bond donors (Lipinski definition) is 1. The highest BCUT2D eigenvalue weighted by atomic mass is 35.5. The zero-order valence-corrected chi connectivity index (χ0v) is 19.4. The van der Waals surface area contributed by atoms with Crippen LogP contribution in [0.3, 0.4) is 0 Å². The molecule has 1 N–H and O–H groups in total. The average Bonchev–Trinajstić information content (AvgIpc) is 2.69. The van der Waals surface area contributed by atoms with Gasteiger partial charge in [0.1, 0.15) is 0 Å². The van der Waals surface area contributed by atoms with Crippen molar-refractivity contribution < 1.29 is 9.69 Å². The van der Waals surface area contributed by atoms with E-state index in [1.807, 2.05) is 12.1 Å². The first kappa shape index (κ1) is 21.4. The fourth-order valence-electron chi connectivity index (χ4n) is 5.69. The second-order valence-corrected chi connectivity index (χ2v) is 10.6. The molecule has 2 aromatic carbocycles. The molecule has 1 amide bonds. The van der Waals surface area contributed by atoms with Crippen LogP contribution in [0.15, 0.2) is 48.5 Å². The number of likely N-dealkylation sites (tertiary alicyclic amines) is 1. The summed E-state index contributed by atoms with van der Waals surface area (Å²) in [6.07, 6.45) is 3.31. The number of anilines is 1. The molecule has 160 valence electrons. The predicted octanol–water partition coefficient (Wildman–Crippen LogP) is 4.48. The molecule has 0 unspecified atom stereocenters. The van der Waals surface area contributed by atoms with Crippen LogP contribution >= 0.6 is 11.6 Å². The molecule has 4 heteroatoms. The lowest BCUT2D eigenvalue weighted by Gasteiger charge is -2.51. The molecule has 4 rings (SSSR count). The van der Waals surface area contributed by atoms with E-state index in [2.05, 4.69) is 69.0 Å². The highest BCUT2D eigenvalue weighted by Gasteiger charge is 2.48. The number of quaternary nitrogens is 1. The standard InChI is InChI=1S/C26H33ClN2O/c1-19-13-15-28(16-14-19)17-24(30)29-23-8-6-5-7-22(23)26(4,18-25(29,2)3)20-9-11-21(27)12-10-20/h5-12,19H,13-18H2,1-4H3/p+1/t26-/m1/s1. The lowest BCUT2D eigenvalue weighted by molar-refractivity contribution is -0.898. The Kier molecular flexibility index (Phi) is 5.71. The van der Waals surface area contributed by atoms with Gasteiger partial charge in [0.2, 0.25) is 0 Å². The third-order valence-corrected chi connectivity index (χ3v) is 7.50. The van der Waals surface area contributed by atoms with Crippen molar-refractivity contribution in [2.75, 3.05) is 24.5 Å². The number of amides is 1. The van der Waals surface area contributed by atoms with Gasteiger partial charge in [0.05, 0.1) is 13.1 Å². The summed E-state index contributed by atoms with van der Waals surface area (Å²) in [6, 6.07) is 16.7. The maximum Gasteiger partial charge on any atom is 0.282 e. The Morgan fingerprint density at radius 3 is 2.37 bits per heavy atom. The molecule has 0 saturated carbocycles. The lowest BCUT2D eigenvalue weighted by Crippen LogP contribution is -3.14. The van der Waals surface area contributed by atoms with E-state index in [-0.39, 0.29) is 16.9 Å². The molecule has 2 aliphatic rings. The van der Waals surface area contributed by atoms with Crippen LogP contribution in [0.2, 0.25) is 5.02 Å². The summed E-state index contributed by atoms with van der Waals surface area (Å²) in [5, 5.41) is 0.751. The fourth-order valence-corrected chi connectivity index (χ4v) is 5.81. The largest absolute Gasteiger partial charge is 0.327 e. The Morgan fingerprint density at radius 2 is 1.70 bits per heavy atom. The lowest BCUT2D eigenvalue weighted by atomic mass is 9.65. The molecule has 0 radical (unpaired) electrons. The summed E-state index contributed by atoms with van der Waals surface area (Å²) in [4.78, 5) is 17.1. The molecule has 2 heterocycles. The van der Waals surface area contributed by atoms with Gasteiger partial charge in [-0.25, -0.2) is 0 Å². The number of nitrogens with one attached hydrogen (secondary N) is 1. The van der Waals surface area contributed by atoms with Crippen molar-refractivity contribution in [2.24, 2.45) is 5.92 Å². The van der Waals surface area contributed by atoms with E-state index >= 15 is 0 Å². The van der Waals surface area contributed by atoms with E-state index in [9.17, 15) is 4.79 Å². The van der Waals surface area contributed by atoms with Crippen molar-refractivity contribution >= 4 is 23.2 Å². The SMILES string of the molecule is CC1CC[NH+](CC(=O)N2c3ccccc3[C@@](C)(c3ccc(Cl)cc3)CC2(C)C)CC1. The van der Waals surface area contributed by atoms with Crippen molar-refractivity contribution in [3.05, 3.63) is 64.7 Å². The molecule has 0 aromatic heterocycles. The molecule has 1 saturated heterocycles. The first-order valence-electron chi connectivity index (χ1n) is 11.2. The number of carbonyl (C=O) groups excluding carboxylic acids is 1. The molecule has 2 aliphatic heterocycles. The molecular weight excluding hydrogens is 392 g/mol. The van der Waals surface area contributed by atoms with Crippen LogP contribution in [-0.4, -0.2) is 31.1 Å². The Bertz CT molecular complexity index is 915. The molecule has 0 aliphatic carbocycles. The van der Waals surface area contributed by atoms with Crippen molar-refractivity contribution in [3.63, 3.8) is 0 Å². The summed E-state index contributed by atoms with van der Waals surface area (Å²) < 4.78 is 0. The molecule has 0 spiro atoms. The van der Waals surface area contributed by atoms with E-state index in [0.717, 1.165) is 36.1 Å². The smallest absolute Gasteiger partial charge is 0.282 e. The van der Waals surface area contributed by atoms with Gasteiger partial charge in [0.25, 0.3) is 5.91 Å². The zero-order valence-electron chi connectivity index (χ0n) is 18.7. The Morgan fingerprint density at radius 1 is 1.07 bits per heavy atom.